The van der Waals surface area contributed by atoms with E-state index in [1.165, 1.54) is 0 Å². The Kier molecular flexibility index (Phi) is 6.50. The van der Waals surface area contributed by atoms with Crippen molar-refractivity contribution in [1.82, 2.24) is 5.32 Å². The maximum atomic E-state index is 5.67. The third-order valence-corrected chi connectivity index (χ3v) is 2.13. The molecule has 0 aliphatic heterocycles. The van der Waals surface area contributed by atoms with Crippen molar-refractivity contribution in [2.45, 2.75) is 25.7 Å². The average molecular weight is 200 g/mol. The number of nitrogens with two attached hydrogens (primary N) is 1. The summed E-state index contributed by atoms with van der Waals surface area (Å²) < 4.78 is 10.3. The smallest absolute Gasteiger partial charge is 0.175 e. The maximum Gasteiger partial charge on any atom is 0.175 e. The molecule has 0 heterocycles. The second kappa shape index (κ2) is 6.80. The van der Waals surface area contributed by atoms with Gasteiger partial charge in [-0.15, -0.1) is 5.92 Å². The van der Waals surface area contributed by atoms with E-state index in [9.17, 15) is 0 Å². The number of hydrogen-bond acceptors (Lipinski definition) is 4. The summed E-state index contributed by atoms with van der Waals surface area (Å²) in [4.78, 5) is 0. The van der Waals surface area contributed by atoms with Gasteiger partial charge in [0.2, 0.25) is 0 Å². The Hall–Kier alpha value is -0.600. The third kappa shape index (κ3) is 3.64. The molecule has 0 bridgehead atoms. The van der Waals surface area contributed by atoms with Crippen LogP contribution in [0, 0.1) is 11.8 Å². The van der Waals surface area contributed by atoms with E-state index < -0.39 is 5.54 Å². The van der Waals surface area contributed by atoms with Crippen molar-refractivity contribution in [2.24, 2.45) is 5.73 Å². The Morgan fingerprint density at radius 1 is 1.43 bits per heavy atom. The molecule has 14 heavy (non-hydrogen) atoms. The van der Waals surface area contributed by atoms with Crippen molar-refractivity contribution in [1.29, 1.82) is 0 Å². The average Bonchev–Trinajstić information content (AvgIpc) is 2.20. The number of hydrogen-bond donors (Lipinski definition) is 2. The SMILES string of the molecule is CC#CCNC(C)(CN)C(OC)OC. The fourth-order valence-electron chi connectivity index (χ4n) is 1.20. The summed E-state index contributed by atoms with van der Waals surface area (Å²) in [5, 5.41) is 3.20. The summed E-state index contributed by atoms with van der Waals surface area (Å²) in [5.74, 6) is 5.72. The van der Waals surface area contributed by atoms with Crippen molar-refractivity contribution in [3.63, 3.8) is 0 Å². The van der Waals surface area contributed by atoms with Gasteiger partial charge in [-0.25, -0.2) is 0 Å². The van der Waals surface area contributed by atoms with Gasteiger partial charge in [0.1, 0.15) is 0 Å². The van der Waals surface area contributed by atoms with Gasteiger partial charge in [-0.1, -0.05) is 5.92 Å². The first kappa shape index (κ1) is 13.4. The molecule has 0 amide bonds. The van der Waals surface area contributed by atoms with Gasteiger partial charge in [0.05, 0.1) is 12.1 Å². The van der Waals surface area contributed by atoms with E-state index >= 15 is 0 Å². The molecule has 0 spiro atoms. The Morgan fingerprint density at radius 3 is 2.36 bits per heavy atom. The molecule has 0 rings (SSSR count). The van der Waals surface area contributed by atoms with Gasteiger partial charge in [0.25, 0.3) is 0 Å². The van der Waals surface area contributed by atoms with Crippen LogP contribution in [0.4, 0.5) is 0 Å². The first-order valence-electron chi connectivity index (χ1n) is 4.55. The summed E-state index contributed by atoms with van der Waals surface area (Å²) in [5.41, 5.74) is 5.26. The number of rotatable bonds is 6. The highest BCUT2D eigenvalue weighted by Crippen LogP contribution is 2.11. The van der Waals surface area contributed by atoms with Gasteiger partial charge < -0.3 is 15.2 Å². The molecule has 0 fully saturated rings. The molecule has 0 saturated carbocycles. The summed E-state index contributed by atoms with van der Waals surface area (Å²) in [6.45, 7) is 4.74. The highest BCUT2D eigenvalue weighted by molar-refractivity contribution is 5.00. The monoisotopic (exact) mass is 200 g/mol. The Bertz CT molecular complexity index is 206. The van der Waals surface area contributed by atoms with Gasteiger partial charge in [0.15, 0.2) is 6.29 Å². The first-order chi connectivity index (χ1) is 6.64. The van der Waals surface area contributed by atoms with Crippen LogP contribution in [0.2, 0.25) is 0 Å². The molecule has 1 atom stereocenters. The van der Waals surface area contributed by atoms with Crippen LogP contribution in [0.3, 0.4) is 0 Å². The number of ether oxygens (including phenoxy) is 2. The zero-order valence-electron chi connectivity index (χ0n) is 9.39. The standard InChI is InChI=1S/C10H20N2O2/c1-5-6-7-12-10(2,8-11)9(13-3)14-4/h9,12H,7-8,11H2,1-4H3. The summed E-state index contributed by atoms with van der Waals surface area (Å²) in [6.07, 6.45) is -0.369. The second-order valence-corrected chi connectivity index (χ2v) is 3.21. The first-order valence-corrected chi connectivity index (χ1v) is 4.55. The van der Waals surface area contributed by atoms with Crippen molar-refractivity contribution >= 4 is 0 Å². The van der Waals surface area contributed by atoms with Crippen LogP contribution in [-0.4, -0.2) is 39.1 Å². The lowest BCUT2D eigenvalue weighted by atomic mass is 10.0. The molecule has 0 aliphatic carbocycles. The third-order valence-electron chi connectivity index (χ3n) is 2.13. The highest BCUT2D eigenvalue weighted by Gasteiger charge is 2.32. The largest absolute Gasteiger partial charge is 0.354 e. The maximum absolute atomic E-state index is 5.67. The van der Waals surface area contributed by atoms with Gasteiger partial charge in [-0.2, -0.15) is 0 Å². The number of methoxy groups -OCH3 is 2. The minimum Gasteiger partial charge on any atom is -0.354 e. The quantitative estimate of drug-likeness (QED) is 0.466. The Labute approximate surface area is 86.1 Å². The Morgan fingerprint density at radius 2 is 2.00 bits per heavy atom. The highest BCUT2D eigenvalue weighted by atomic mass is 16.7. The summed E-state index contributed by atoms with van der Waals surface area (Å²) >= 11 is 0. The van der Waals surface area contributed by atoms with Crippen molar-refractivity contribution in [3.05, 3.63) is 0 Å². The fourth-order valence-corrected chi connectivity index (χ4v) is 1.20. The summed E-state index contributed by atoms with van der Waals surface area (Å²) in [6, 6.07) is 0. The second-order valence-electron chi connectivity index (χ2n) is 3.21. The molecular weight excluding hydrogens is 180 g/mol. The van der Waals surface area contributed by atoms with Crippen LogP contribution in [-0.2, 0) is 9.47 Å². The molecule has 1 unspecified atom stereocenters. The molecular formula is C10H20N2O2. The molecule has 0 aromatic heterocycles. The van der Waals surface area contributed by atoms with Crippen molar-refractivity contribution < 1.29 is 9.47 Å². The van der Waals surface area contributed by atoms with E-state index in [1.54, 1.807) is 21.1 Å². The molecule has 4 nitrogen and oxygen atoms in total. The molecule has 4 heteroatoms. The lowest BCUT2D eigenvalue weighted by Crippen LogP contribution is -2.58. The molecule has 3 N–H and O–H groups in total. The van der Waals surface area contributed by atoms with Crippen molar-refractivity contribution in [3.8, 4) is 11.8 Å². The minimum absolute atomic E-state index is 0.369. The molecule has 0 aromatic carbocycles. The lowest BCUT2D eigenvalue weighted by molar-refractivity contribution is -0.148. The zero-order chi connectivity index (χ0) is 11.0. The molecule has 0 radical (unpaired) electrons. The van der Waals surface area contributed by atoms with E-state index in [1.807, 2.05) is 6.92 Å². The molecule has 82 valence electrons. The molecule has 0 saturated heterocycles. The van der Waals surface area contributed by atoms with Gasteiger partial charge in [-0.3, -0.25) is 5.32 Å². The van der Waals surface area contributed by atoms with Gasteiger partial charge in [0, 0.05) is 20.8 Å². The normalized spacial score (nSPS) is 14.7. The van der Waals surface area contributed by atoms with E-state index in [0.29, 0.717) is 13.1 Å². The van der Waals surface area contributed by atoms with Gasteiger partial charge in [-0.05, 0) is 13.8 Å². The zero-order valence-corrected chi connectivity index (χ0v) is 9.39. The van der Waals surface area contributed by atoms with Crippen LogP contribution in [0.5, 0.6) is 0 Å². The van der Waals surface area contributed by atoms with E-state index in [-0.39, 0.29) is 6.29 Å². The van der Waals surface area contributed by atoms with E-state index in [4.69, 9.17) is 15.2 Å². The fraction of sp³-hybridized carbons (Fsp3) is 0.800. The Balaban J connectivity index is 4.32. The predicted molar refractivity (Wildman–Crippen MR) is 56.7 cm³/mol. The van der Waals surface area contributed by atoms with E-state index in [0.717, 1.165) is 0 Å². The van der Waals surface area contributed by atoms with Crippen LogP contribution < -0.4 is 11.1 Å². The van der Waals surface area contributed by atoms with Crippen molar-refractivity contribution in [2.75, 3.05) is 27.3 Å². The minimum atomic E-state index is -0.409. The summed E-state index contributed by atoms with van der Waals surface area (Å²) in [7, 11) is 3.19. The van der Waals surface area contributed by atoms with Crippen LogP contribution in [0.1, 0.15) is 13.8 Å². The molecule has 0 aliphatic rings. The van der Waals surface area contributed by atoms with Crippen LogP contribution in [0.25, 0.3) is 0 Å². The van der Waals surface area contributed by atoms with Gasteiger partial charge >= 0.3 is 0 Å². The number of nitrogens with one attached hydrogen (secondary N) is 1. The van der Waals surface area contributed by atoms with E-state index in [2.05, 4.69) is 17.2 Å². The molecule has 0 aromatic rings. The van der Waals surface area contributed by atoms with Crippen LogP contribution >= 0.6 is 0 Å². The lowest BCUT2D eigenvalue weighted by Gasteiger charge is -2.34. The topological polar surface area (TPSA) is 56.5 Å². The predicted octanol–water partition coefficient (Wildman–Crippen LogP) is -0.0644. The van der Waals surface area contributed by atoms with Crippen LogP contribution in [0.15, 0.2) is 0 Å².